The van der Waals surface area contributed by atoms with Crippen molar-refractivity contribution in [2.45, 2.75) is 19.1 Å². The number of aromatic nitrogens is 1. The molecule has 26 heavy (non-hydrogen) atoms. The number of hydrogen-bond acceptors (Lipinski definition) is 5. The van der Waals surface area contributed by atoms with Crippen LogP contribution < -0.4 is 11.1 Å². The van der Waals surface area contributed by atoms with Gasteiger partial charge in [-0.25, -0.2) is 4.79 Å². The molecule has 1 amide bonds. The summed E-state index contributed by atoms with van der Waals surface area (Å²) in [7, 11) is 0. The van der Waals surface area contributed by atoms with Crippen LogP contribution in [-0.2, 0) is 27.4 Å². The van der Waals surface area contributed by atoms with Gasteiger partial charge in [-0.15, -0.1) is 37.2 Å². The topological polar surface area (TPSA) is 94.3 Å². The van der Waals surface area contributed by atoms with Crippen LogP contribution in [0.2, 0.25) is 0 Å². The summed E-state index contributed by atoms with van der Waals surface area (Å²) in [5.41, 5.74) is 6.87. The number of benzene rings is 1. The van der Waals surface area contributed by atoms with E-state index in [9.17, 15) is 9.59 Å². The maximum Gasteiger partial charge on any atom is 0.329 e. The van der Waals surface area contributed by atoms with Crippen LogP contribution in [0.3, 0.4) is 0 Å². The van der Waals surface area contributed by atoms with E-state index in [-0.39, 0.29) is 50.4 Å². The molecule has 1 heterocycles. The van der Waals surface area contributed by atoms with Crippen molar-refractivity contribution in [2.24, 2.45) is 5.73 Å². The number of nitrogens with two attached hydrogens (primary N) is 1. The van der Waals surface area contributed by atoms with Gasteiger partial charge >= 0.3 is 5.97 Å². The fourth-order valence-electron chi connectivity index (χ4n) is 2.03. The fourth-order valence-corrected chi connectivity index (χ4v) is 2.03. The Hall–Kier alpha value is -1.86. The Morgan fingerprint density at radius 2 is 1.69 bits per heavy atom. The molecular formula is C17H22Cl3N3O3. The third-order valence-electron chi connectivity index (χ3n) is 3.18. The van der Waals surface area contributed by atoms with Crippen molar-refractivity contribution in [3.8, 4) is 0 Å². The standard InChI is InChI=1S/C17H19N3O3.3ClH/c18-11-16(21)20-15(10-13-6-2-1-3-7-13)17(22)23-12-14-8-4-5-9-19-14;;;/h1-9,15H,10-12,18H2,(H,20,21);3*1H/t15-;;;/m0.../s1. The first-order valence-corrected chi connectivity index (χ1v) is 7.29. The van der Waals surface area contributed by atoms with E-state index in [2.05, 4.69) is 10.3 Å². The number of esters is 1. The van der Waals surface area contributed by atoms with Gasteiger partial charge in [0.1, 0.15) is 12.6 Å². The molecule has 0 radical (unpaired) electrons. The largest absolute Gasteiger partial charge is 0.458 e. The van der Waals surface area contributed by atoms with Crippen LogP contribution in [0.25, 0.3) is 0 Å². The summed E-state index contributed by atoms with van der Waals surface area (Å²) in [6.07, 6.45) is 1.97. The molecule has 3 N–H and O–H groups in total. The van der Waals surface area contributed by atoms with Crippen LogP contribution >= 0.6 is 37.2 Å². The Morgan fingerprint density at radius 1 is 1.04 bits per heavy atom. The molecule has 144 valence electrons. The quantitative estimate of drug-likeness (QED) is 0.666. The zero-order chi connectivity index (χ0) is 16.5. The lowest BCUT2D eigenvalue weighted by atomic mass is 10.1. The van der Waals surface area contributed by atoms with E-state index in [1.807, 2.05) is 36.4 Å². The van der Waals surface area contributed by atoms with E-state index >= 15 is 0 Å². The lowest BCUT2D eigenvalue weighted by Crippen LogP contribution is -2.45. The van der Waals surface area contributed by atoms with Crippen LogP contribution in [0.4, 0.5) is 0 Å². The van der Waals surface area contributed by atoms with E-state index in [0.29, 0.717) is 12.1 Å². The smallest absolute Gasteiger partial charge is 0.329 e. The molecule has 9 heteroatoms. The van der Waals surface area contributed by atoms with Crippen LogP contribution in [0.1, 0.15) is 11.3 Å². The second-order valence-corrected chi connectivity index (χ2v) is 4.94. The van der Waals surface area contributed by atoms with Crippen LogP contribution in [0.15, 0.2) is 54.7 Å². The molecule has 0 aliphatic rings. The van der Waals surface area contributed by atoms with Crippen LogP contribution in [-0.4, -0.2) is 29.4 Å². The highest BCUT2D eigenvalue weighted by molar-refractivity contribution is 5.86. The van der Waals surface area contributed by atoms with Gasteiger partial charge in [0.15, 0.2) is 0 Å². The van der Waals surface area contributed by atoms with Gasteiger partial charge in [0.05, 0.1) is 12.2 Å². The predicted octanol–water partition coefficient (Wildman–Crippen LogP) is 2.08. The fraction of sp³-hybridized carbons (Fsp3) is 0.235. The number of hydrogen-bond donors (Lipinski definition) is 2. The maximum absolute atomic E-state index is 12.3. The molecule has 6 nitrogen and oxygen atoms in total. The third kappa shape index (κ3) is 9.01. The van der Waals surface area contributed by atoms with Crippen molar-refractivity contribution in [3.63, 3.8) is 0 Å². The Bertz CT molecular complexity index is 645. The first kappa shape index (κ1) is 26.4. The first-order chi connectivity index (χ1) is 11.2. The van der Waals surface area contributed by atoms with E-state index in [1.54, 1.807) is 18.3 Å². The van der Waals surface area contributed by atoms with Crippen molar-refractivity contribution in [1.82, 2.24) is 10.3 Å². The summed E-state index contributed by atoms with van der Waals surface area (Å²) < 4.78 is 5.25. The zero-order valence-electron chi connectivity index (χ0n) is 13.9. The number of carbonyl (C=O) groups excluding carboxylic acids is 2. The van der Waals surface area contributed by atoms with Crippen LogP contribution in [0.5, 0.6) is 0 Å². The number of halogens is 3. The van der Waals surface area contributed by atoms with Gasteiger partial charge < -0.3 is 15.8 Å². The number of ether oxygens (including phenoxy) is 1. The van der Waals surface area contributed by atoms with Crippen LogP contribution in [0, 0.1) is 0 Å². The van der Waals surface area contributed by atoms with E-state index in [1.165, 1.54) is 0 Å². The molecule has 1 aromatic carbocycles. The van der Waals surface area contributed by atoms with E-state index in [0.717, 1.165) is 5.56 Å². The van der Waals surface area contributed by atoms with Gasteiger partial charge in [-0.05, 0) is 17.7 Å². The summed E-state index contributed by atoms with van der Waals surface area (Å²) in [6, 6.07) is 14.0. The highest BCUT2D eigenvalue weighted by atomic mass is 35.5. The van der Waals surface area contributed by atoms with Crippen molar-refractivity contribution < 1.29 is 14.3 Å². The average molecular weight is 423 g/mol. The SMILES string of the molecule is Cl.Cl.Cl.NCC(=O)N[C@@H](Cc1ccccc1)C(=O)OCc1ccccn1. The molecule has 1 atom stereocenters. The summed E-state index contributed by atoms with van der Waals surface area (Å²) in [4.78, 5) is 27.9. The zero-order valence-corrected chi connectivity index (χ0v) is 16.3. The lowest BCUT2D eigenvalue weighted by Gasteiger charge is -2.17. The van der Waals surface area contributed by atoms with Gasteiger partial charge in [-0.2, -0.15) is 0 Å². The highest BCUT2D eigenvalue weighted by Crippen LogP contribution is 2.06. The summed E-state index contributed by atoms with van der Waals surface area (Å²) in [5.74, 6) is -0.915. The number of amides is 1. The molecule has 2 aromatic rings. The van der Waals surface area contributed by atoms with Gasteiger partial charge in [-0.3, -0.25) is 9.78 Å². The second kappa shape index (κ2) is 14.3. The monoisotopic (exact) mass is 421 g/mol. The number of nitrogens with one attached hydrogen (secondary N) is 1. The molecule has 0 bridgehead atoms. The van der Waals surface area contributed by atoms with Gasteiger partial charge in [0.2, 0.25) is 5.91 Å². The van der Waals surface area contributed by atoms with E-state index < -0.39 is 17.9 Å². The van der Waals surface area contributed by atoms with Crippen molar-refractivity contribution in [1.29, 1.82) is 0 Å². The Balaban J connectivity index is 0. The molecule has 0 saturated carbocycles. The molecule has 0 spiro atoms. The van der Waals surface area contributed by atoms with Crippen molar-refractivity contribution >= 4 is 49.1 Å². The molecule has 0 aliphatic heterocycles. The van der Waals surface area contributed by atoms with Crippen molar-refractivity contribution in [3.05, 3.63) is 66.0 Å². The van der Waals surface area contributed by atoms with E-state index in [4.69, 9.17) is 10.5 Å². The van der Waals surface area contributed by atoms with Crippen molar-refractivity contribution in [2.75, 3.05) is 6.54 Å². The predicted molar refractivity (Wildman–Crippen MR) is 107 cm³/mol. The minimum Gasteiger partial charge on any atom is -0.458 e. The number of rotatable bonds is 7. The molecule has 0 aliphatic carbocycles. The Labute approximate surface area is 171 Å². The normalized spacial score (nSPS) is 10.2. The maximum atomic E-state index is 12.3. The minimum atomic E-state index is -0.780. The van der Waals surface area contributed by atoms with Gasteiger partial charge in [0.25, 0.3) is 0 Å². The molecule has 0 fully saturated rings. The number of pyridine rings is 1. The third-order valence-corrected chi connectivity index (χ3v) is 3.18. The Morgan fingerprint density at radius 3 is 2.27 bits per heavy atom. The molecule has 0 saturated heterocycles. The Kier molecular flexibility index (Phi) is 14.5. The number of nitrogens with zero attached hydrogens (tertiary/aromatic N) is 1. The van der Waals surface area contributed by atoms with Gasteiger partial charge in [0, 0.05) is 12.6 Å². The molecule has 0 unspecified atom stereocenters. The lowest BCUT2D eigenvalue weighted by molar-refractivity contribution is -0.149. The summed E-state index contributed by atoms with van der Waals surface area (Å²) in [5, 5.41) is 2.59. The summed E-state index contributed by atoms with van der Waals surface area (Å²) >= 11 is 0. The first-order valence-electron chi connectivity index (χ1n) is 7.29. The molecule has 1 aromatic heterocycles. The minimum absolute atomic E-state index is 0. The molecular weight excluding hydrogens is 401 g/mol. The summed E-state index contributed by atoms with van der Waals surface area (Å²) in [6.45, 7) is -0.123. The second-order valence-electron chi connectivity index (χ2n) is 4.94. The molecule has 2 rings (SSSR count). The average Bonchev–Trinajstić information content (AvgIpc) is 2.60. The highest BCUT2D eigenvalue weighted by Gasteiger charge is 2.22. The van der Waals surface area contributed by atoms with Gasteiger partial charge in [-0.1, -0.05) is 36.4 Å². The number of carbonyl (C=O) groups is 2.